The van der Waals surface area contributed by atoms with Crippen LogP contribution >= 0.6 is 0 Å². The number of ether oxygens (including phenoxy) is 2. The van der Waals surface area contributed by atoms with E-state index >= 15 is 0 Å². The molecule has 0 aliphatic heterocycles. The molecule has 0 saturated carbocycles. The Morgan fingerprint density at radius 2 is 1.83 bits per heavy atom. The normalized spacial score (nSPS) is 10.4. The van der Waals surface area contributed by atoms with E-state index in [9.17, 15) is 9.59 Å². The number of carbonyl (C=O) groups excluding carboxylic acids is 2. The lowest BCUT2D eigenvalue weighted by Gasteiger charge is -2.05. The van der Waals surface area contributed by atoms with Gasteiger partial charge in [0.1, 0.15) is 12.3 Å². The summed E-state index contributed by atoms with van der Waals surface area (Å²) in [6.07, 6.45) is 0.821. The van der Waals surface area contributed by atoms with Crippen molar-refractivity contribution in [2.45, 2.75) is 33.3 Å². The number of esters is 2. The molecule has 0 amide bonds. The Bertz CT molecular complexity index is 689. The van der Waals surface area contributed by atoms with Crippen LogP contribution < -0.4 is 0 Å². The van der Waals surface area contributed by atoms with Gasteiger partial charge in [0.2, 0.25) is 0 Å². The van der Waals surface area contributed by atoms with E-state index in [1.54, 1.807) is 0 Å². The molecule has 0 atom stereocenters. The molecule has 0 spiro atoms. The van der Waals surface area contributed by atoms with Crippen LogP contribution in [0.1, 0.15) is 39.3 Å². The molecule has 1 heterocycles. The second kappa shape index (κ2) is 7.63. The minimum absolute atomic E-state index is 0.231. The summed E-state index contributed by atoms with van der Waals surface area (Å²) in [4.78, 5) is 26.6. The largest absolute Gasteiger partial charge is 0.469 e. The molecular formula is C18H21NO4. The molecule has 0 radical (unpaired) electrons. The number of methoxy groups -OCH3 is 1. The van der Waals surface area contributed by atoms with Gasteiger partial charge in [0.05, 0.1) is 7.11 Å². The van der Waals surface area contributed by atoms with Gasteiger partial charge in [-0.3, -0.25) is 4.79 Å². The topological polar surface area (TPSA) is 68.4 Å². The van der Waals surface area contributed by atoms with Crippen LogP contribution in [0.25, 0.3) is 0 Å². The van der Waals surface area contributed by atoms with Gasteiger partial charge < -0.3 is 14.5 Å². The summed E-state index contributed by atoms with van der Waals surface area (Å²) < 4.78 is 10.0. The Labute approximate surface area is 135 Å². The van der Waals surface area contributed by atoms with Gasteiger partial charge in [-0.25, -0.2) is 4.79 Å². The Hall–Kier alpha value is -2.56. The zero-order valence-corrected chi connectivity index (χ0v) is 13.6. The summed E-state index contributed by atoms with van der Waals surface area (Å²) >= 11 is 0. The van der Waals surface area contributed by atoms with Crippen molar-refractivity contribution >= 4 is 11.9 Å². The number of carbonyl (C=O) groups is 2. The number of nitrogens with one attached hydrogen (secondary N) is 1. The smallest absolute Gasteiger partial charge is 0.355 e. The first-order valence-corrected chi connectivity index (χ1v) is 7.48. The third-order valence-corrected chi connectivity index (χ3v) is 3.82. The second-order valence-electron chi connectivity index (χ2n) is 5.37. The predicted octanol–water partition coefficient (Wildman–Crippen LogP) is 3.09. The molecular weight excluding hydrogens is 295 g/mol. The molecule has 23 heavy (non-hydrogen) atoms. The van der Waals surface area contributed by atoms with Crippen molar-refractivity contribution < 1.29 is 19.1 Å². The molecule has 0 bridgehead atoms. The average Bonchev–Trinajstić information content (AvgIpc) is 2.85. The summed E-state index contributed by atoms with van der Waals surface area (Å²) in [5, 5.41) is 0. The van der Waals surface area contributed by atoms with Gasteiger partial charge in [0.15, 0.2) is 0 Å². The van der Waals surface area contributed by atoms with Crippen LogP contribution in [0, 0.1) is 13.8 Å². The summed E-state index contributed by atoms with van der Waals surface area (Å²) in [6.45, 7) is 3.97. The SMILES string of the molecule is COC(=O)CCc1c(C)[15nH]c(C(=O)OCc2ccccc2)c1C. The third kappa shape index (κ3) is 4.22. The molecule has 0 saturated heterocycles. The Morgan fingerprint density at radius 1 is 1.13 bits per heavy atom. The first kappa shape index (κ1) is 16.8. The highest BCUT2D eigenvalue weighted by molar-refractivity contribution is 5.89. The lowest BCUT2D eigenvalue weighted by Crippen LogP contribution is -2.07. The van der Waals surface area contributed by atoms with E-state index in [1.807, 2.05) is 44.2 Å². The van der Waals surface area contributed by atoms with Gasteiger partial charge in [-0.1, -0.05) is 30.3 Å². The highest BCUT2D eigenvalue weighted by Gasteiger charge is 2.19. The summed E-state index contributed by atoms with van der Waals surface area (Å²) in [6, 6.07) is 9.53. The molecule has 122 valence electrons. The van der Waals surface area contributed by atoms with Crippen molar-refractivity contribution in [1.82, 2.24) is 4.98 Å². The van der Waals surface area contributed by atoms with Gasteiger partial charge in [-0.05, 0) is 37.0 Å². The number of hydrogen-bond acceptors (Lipinski definition) is 4. The Kier molecular flexibility index (Phi) is 5.57. The summed E-state index contributed by atoms with van der Waals surface area (Å²) in [7, 11) is 1.37. The molecule has 0 fully saturated rings. The maximum absolute atomic E-state index is 12.3. The fourth-order valence-corrected chi connectivity index (χ4v) is 2.49. The van der Waals surface area contributed by atoms with Gasteiger partial charge in [-0.2, -0.15) is 0 Å². The van der Waals surface area contributed by atoms with Crippen LogP contribution in [-0.2, 0) is 27.3 Å². The van der Waals surface area contributed by atoms with E-state index in [4.69, 9.17) is 4.74 Å². The molecule has 5 heteroatoms. The van der Waals surface area contributed by atoms with E-state index in [0.717, 1.165) is 22.4 Å². The second-order valence-corrected chi connectivity index (χ2v) is 5.37. The summed E-state index contributed by atoms with van der Waals surface area (Å²) in [5.74, 6) is -0.656. The van der Waals surface area contributed by atoms with Crippen molar-refractivity contribution in [2.24, 2.45) is 0 Å². The number of rotatable bonds is 6. The zero-order valence-electron chi connectivity index (χ0n) is 13.6. The number of aromatic amines is 1. The summed E-state index contributed by atoms with van der Waals surface area (Å²) in [5.41, 5.74) is 4.04. The van der Waals surface area contributed by atoms with Crippen molar-refractivity contribution in [1.29, 1.82) is 0 Å². The lowest BCUT2D eigenvalue weighted by atomic mass is 10.1. The molecule has 0 aliphatic rings. The van der Waals surface area contributed by atoms with Gasteiger partial charge in [-0.15, -0.1) is 0 Å². The first-order chi connectivity index (χ1) is 11.0. The number of aryl methyl sites for hydroxylation is 1. The minimum atomic E-state index is -0.390. The highest BCUT2D eigenvalue weighted by Crippen LogP contribution is 2.21. The fraction of sp³-hybridized carbons (Fsp3) is 0.333. The molecule has 5 nitrogen and oxygen atoms in total. The van der Waals surface area contributed by atoms with Gasteiger partial charge in [0.25, 0.3) is 0 Å². The maximum Gasteiger partial charge on any atom is 0.355 e. The fourth-order valence-electron chi connectivity index (χ4n) is 2.49. The average molecular weight is 316 g/mol. The van der Waals surface area contributed by atoms with E-state index in [0.29, 0.717) is 12.1 Å². The highest BCUT2D eigenvalue weighted by atomic mass is 16.5. The molecule has 1 aromatic carbocycles. The van der Waals surface area contributed by atoms with Crippen LogP contribution in [0.5, 0.6) is 0 Å². The molecule has 0 unspecified atom stereocenters. The van der Waals surface area contributed by atoms with Crippen molar-refractivity contribution in [3.63, 3.8) is 0 Å². The number of hydrogen-bond donors (Lipinski definition) is 1. The van der Waals surface area contributed by atoms with Crippen molar-refractivity contribution in [3.8, 4) is 0 Å². The number of benzene rings is 1. The monoisotopic (exact) mass is 316 g/mol. The predicted molar refractivity (Wildman–Crippen MR) is 86.2 cm³/mol. The van der Waals surface area contributed by atoms with E-state index in [-0.39, 0.29) is 19.0 Å². The molecule has 1 aromatic heterocycles. The lowest BCUT2D eigenvalue weighted by molar-refractivity contribution is -0.140. The Balaban J connectivity index is 2.04. The number of H-pyrrole nitrogens is 1. The molecule has 1 N–H and O–H groups in total. The van der Waals surface area contributed by atoms with Crippen LogP contribution in [0.4, 0.5) is 0 Å². The van der Waals surface area contributed by atoms with Crippen molar-refractivity contribution in [2.75, 3.05) is 7.11 Å². The van der Waals surface area contributed by atoms with Crippen LogP contribution in [0.15, 0.2) is 30.3 Å². The number of aromatic nitrogens is 1. The van der Waals surface area contributed by atoms with E-state index < -0.39 is 5.97 Å². The van der Waals surface area contributed by atoms with Crippen LogP contribution in [0.2, 0.25) is 0 Å². The first-order valence-electron chi connectivity index (χ1n) is 7.48. The van der Waals surface area contributed by atoms with E-state index in [2.05, 4.69) is 9.72 Å². The quantitative estimate of drug-likeness (QED) is 0.832. The standard InChI is InChI=1S/C18H21NO4/c1-12-15(9-10-16(20)22-3)13(2)19-17(12)18(21)23-11-14-7-5-4-6-8-14/h4-8,19H,9-11H2,1-3H3/i19+1. The van der Waals surface area contributed by atoms with E-state index in [1.165, 1.54) is 7.11 Å². The van der Waals surface area contributed by atoms with Crippen molar-refractivity contribution in [3.05, 3.63) is 58.4 Å². The Morgan fingerprint density at radius 3 is 2.48 bits per heavy atom. The molecule has 2 aromatic rings. The van der Waals surface area contributed by atoms with Gasteiger partial charge in [0, 0.05) is 12.1 Å². The van der Waals surface area contributed by atoms with Crippen LogP contribution in [0.3, 0.4) is 0 Å². The van der Waals surface area contributed by atoms with Crippen LogP contribution in [-0.4, -0.2) is 24.0 Å². The molecule has 0 aliphatic carbocycles. The minimum Gasteiger partial charge on any atom is -0.469 e. The third-order valence-electron chi connectivity index (χ3n) is 3.82. The zero-order chi connectivity index (χ0) is 16.8. The maximum atomic E-state index is 12.3. The molecule has 2 rings (SSSR count). The van der Waals surface area contributed by atoms with Gasteiger partial charge >= 0.3 is 11.9 Å².